The quantitative estimate of drug-likeness (QED) is 0.693. The third kappa shape index (κ3) is 4.10. The summed E-state index contributed by atoms with van der Waals surface area (Å²) in [6.07, 6.45) is 2.58. The maximum absolute atomic E-state index is 6.13. The second kappa shape index (κ2) is 6.39. The molecule has 0 rings (SSSR count). The van der Waals surface area contributed by atoms with E-state index in [0.29, 0.717) is 11.8 Å². The fourth-order valence-corrected chi connectivity index (χ4v) is 1.85. The van der Waals surface area contributed by atoms with Crippen molar-refractivity contribution in [2.45, 2.75) is 52.7 Å². The molecule has 0 aliphatic rings. The summed E-state index contributed by atoms with van der Waals surface area (Å²) in [6, 6.07) is 0.171. The lowest BCUT2D eigenvalue weighted by Gasteiger charge is -2.30. The van der Waals surface area contributed by atoms with Crippen molar-refractivity contribution in [1.82, 2.24) is 0 Å². The molecule has 0 spiro atoms. The first-order valence-corrected chi connectivity index (χ1v) is 5.32. The van der Waals surface area contributed by atoms with Crippen molar-refractivity contribution in [2.24, 2.45) is 17.6 Å². The van der Waals surface area contributed by atoms with Crippen LogP contribution in [-0.4, -0.2) is 19.3 Å². The van der Waals surface area contributed by atoms with Crippen molar-refractivity contribution in [1.29, 1.82) is 0 Å². The second-order valence-corrected chi connectivity index (χ2v) is 4.29. The highest BCUT2D eigenvalue weighted by Gasteiger charge is 2.24. The van der Waals surface area contributed by atoms with E-state index in [1.54, 1.807) is 7.11 Å². The van der Waals surface area contributed by atoms with Gasteiger partial charge in [0.05, 0.1) is 6.10 Å². The van der Waals surface area contributed by atoms with Crippen LogP contribution in [0.5, 0.6) is 0 Å². The van der Waals surface area contributed by atoms with Gasteiger partial charge in [-0.25, -0.2) is 0 Å². The van der Waals surface area contributed by atoms with Crippen LogP contribution in [0.15, 0.2) is 0 Å². The first-order valence-electron chi connectivity index (χ1n) is 5.32. The van der Waals surface area contributed by atoms with E-state index in [9.17, 15) is 0 Å². The van der Waals surface area contributed by atoms with E-state index < -0.39 is 0 Å². The minimum Gasteiger partial charge on any atom is -0.380 e. The summed E-state index contributed by atoms with van der Waals surface area (Å²) in [5.41, 5.74) is 6.13. The van der Waals surface area contributed by atoms with E-state index in [4.69, 9.17) is 10.5 Å². The summed E-state index contributed by atoms with van der Waals surface area (Å²) in [6.45, 7) is 8.72. The van der Waals surface area contributed by atoms with Gasteiger partial charge in [0.2, 0.25) is 0 Å². The van der Waals surface area contributed by atoms with Gasteiger partial charge in [0.25, 0.3) is 0 Å². The van der Waals surface area contributed by atoms with Gasteiger partial charge in [-0.1, -0.05) is 34.1 Å². The molecule has 0 aliphatic carbocycles. The Bertz CT molecular complexity index is 125. The molecule has 0 aromatic heterocycles. The molecule has 0 bridgehead atoms. The number of methoxy groups -OCH3 is 1. The molecule has 0 saturated heterocycles. The predicted octanol–water partition coefficient (Wildman–Crippen LogP) is 2.42. The Kier molecular flexibility index (Phi) is 6.35. The molecule has 3 atom stereocenters. The maximum Gasteiger partial charge on any atom is 0.0747 e. The Labute approximate surface area is 82.8 Å². The topological polar surface area (TPSA) is 35.2 Å². The van der Waals surface area contributed by atoms with E-state index in [0.717, 1.165) is 0 Å². The normalized spacial score (nSPS) is 18.7. The highest BCUT2D eigenvalue weighted by atomic mass is 16.5. The van der Waals surface area contributed by atoms with E-state index >= 15 is 0 Å². The smallest absolute Gasteiger partial charge is 0.0747 e. The summed E-state index contributed by atoms with van der Waals surface area (Å²) in [5, 5.41) is 0. The van der Waals surface area contributed by atoms with Crippen LogP contribution in [0.25, 0.3) is 0 Å². The van der Waals surface area contributed by atoms with Gasteiger partial charge >= 0.3 is 0 Å². The van der Waals surface area contributed by atoms with Crippen molar-refractivity contribution in [3.8, 4) is 0 Å². The molecule has 0 amide bonds. The molecule has 0 aromatic carbocycles. The van der Waals surface area contributed by atoms with Crippen LogP contribution in [0, 0.1) is 11.8 Å². The third-order valence-corrected chi connectivity index (χ3v) is 2.71. The van der Waals surface area contributed by atoms with Crippen LogP contribution in [0.3, 0.4) is 0 Å². The van der Waals surface area contributed by atoms with Gasteiger partial charge in [-0.15, -0.1) is 0 Å². The number of hydrogen-bond acceptors (Lipinski definition) is 2. The predicted molar refractivity (Wildman–Crippen MR) is 57.7 cm³/mol. The third-order valence-electron chi connectivity index (χ3n) is 2.71. The highest BCUT2D eigenvalue weighted by Crippen LogP contribution is 2.18. The van der Waals surface area contributed by atoms with Gasteiger partial charge in [-0.2, -0.15) is 0 Å². The Morgan fingerprint density at radius 3 is 2.08 bits per heavy atom. The van der Waals surface area contributed by atoms with Gasteiger partial charge in [-0.05, 0) is 18.3 Å². The van der Waals surface area contributed by atoms with Gasteiger partial charge < -0.3 is 10.5 Å². The zero-order valence-corrected chi connectivity index (χ0v) is 9.71. The lowest BCUT2D eigenvalue weighted by Crippen LogP contribution is -2.44. The molecule has 0 heterocycles. The second-order valence-electron chi connectivity index (χ2n) is 4.29. The molecule has 80 valence electrons. The van der Waals surface area contributed by atoms with Crippen LogP contribution >= 0.6 is 0 Å². The van der Waals surface area contributed by atoms with E-state index in [1.165, 1.54) is 12.8 Å². The number of rotatable bonds is 6. The fraction of sp³-hybridized carbons (Fsp3) is 1.00. The molecule has 13 heavy (non-hydrogen) atoms. The molecular weight excluding hydrogens is 162 g/mol. The van der Waals surface area contributed by atoms with Gasteiger partial charge in [0.15, 0.2) is 0 Å². The number of hydrogen-bond donors (Lipinski definition) is 1. The van der Waals surface area contributed by atoms with E-state index in [1.807, 2.05) is 0 Å². The molecule has 2 nitrogen and oxygen atoms in total. The van der Waals surface area contributed by atoms with Gasteiger partial charge in [0.1, 0.15) is 0 Å². The highest BCUT2D eigenvalue weighted by molar-refractivity contribution is 4.80. The largest absolute Gasteiger partial charge is 0.380 e. The zero-order chi connectivity index (χ0) is 10.4. The van der Waals surface area contributed by atoms with Gasteiger partial charge in [0, 0.05) is 13.2 Å². The summed E-state index contributed by atoms with van der Waals surface area (Å²) >= 11 is 0. The SMILES string of the molecule is CCCC(C)C(N)C(OC)C(C)C. The Hall–Kier alpha value is -0.0800. The van der Waals surface area contributed by atoms with Crippen LogP contribution in [0.1, 0.15) is 40.5 Å². The number of nitrogens with two attached hydrogens (primary N) is 1. The monoisotopic (exact) mass is 187 g/mol. The van der Waals surface area contributed by atoms with Crippen LogP contribution in [0.4, 0.5) is 0 Å². The standard InChI is InChI=1S/C11H25NO/c1-6-7-9(4)10(12)11(13-5)8(2)3/h8-11H,6-7,12H2,1-5H3. The maximum atomic E-state index is 6.13. The van der Waals surface area contributed by atoms with E-state index in [2.05, 4.69) is 27.7 Å². The molecular formula is C11H25NO. The molecule has 3 unspecified atom stereocenters. The summed E-state index contributed by atoms with van der Waals surface area (Å²) in [7, 11) is 1.75. The summed E-state index contributed by atoms with van der Waals surface area (Å²) in [4.78, 5) is 0. The average molecular weight is 187 g/mol. The van der Waals surface area contributed by atoms with Crippen LogP contribution in [-0.2, 0) is 4.74 Å². The fourth-order valence-electron chi connectivity index (χ4n) is 1.85. The van der Waals surface area contributed by atoms with Crippen molar-refractivity contribution < 1.29 is 4.74 Å². The summed E-state index contributed by atoms with van der Waals surface area (Å²) in [5.74, 6) is 1.05. The Morgan fingerprint density at radius 2 is 1.77 bits per heavy atom. The van der Waals surface area contributed by atoms with Crippen molar-refractivity contribution in [3.63, 3.8) is 0 Å². The lowest BCUT2D eigenvalue weighted by atomic mass is 9.88. The Balaban J connectivity index is 4.10. The minimum absolute atomic E-state index is 0.171. The molecule has 0 radical (unpaired) electrons. The zero-order valence-electron chi connectivity index (χ0n) is 9.71. The van der Waals surface area contributed by atoms with Crippen molar-refractivity contribution >= 4 is 0 Å². The van der Waals surface area contributed by atoms with Crippen LogP contribution < -0.4 is 5.73 Å². The van der Waals surface area contributed by atoms with Crippen molar-refractivity contribution in [3.05, 3.63) is 0 Å². The van der Waals surface area contributed by atoms with Gasteiger partial charge in [-0.3, -0.25) is 0 Å². The van der Waals surface area contributed by atoms with Crippen LogP contribution in [0.2, 0.25) is 0 Å². The first kappa shape index (κ1) is 12.9. The molecule has 2 heteroatoms. The van der Waals surface area contributed by atoms with Crippen molar-refractivity contribution in [2.75, 3.05) is 7.11 Å². The lowest BCUT2D eigenvalue weighted by molar-refractivity contribution is 0.0285. The summed E-state index contributed by atoms with van der Waals surface area (Å²) < 4.78 is 5.42. The minimum atomic E-state index is 0.171. The molecule has 2 N–H and O–H groups in total. The molecule has 0 aliphatic heterocycles. The molecule has 0 saturated carbocycles. The molecule has 0 aromatic rings. The first-order chi connectivity index (χ1) is 6.04. The number of ether oxygens (including phenoxy) is 1. The van der Waals surface area contributed by atoms with E-state index in [-0.39, 0.29) is 12.1 Å². The average Bonchev–Trinajstić information content (AvgIpc) is 2.05. The Morgan fingerprint density at radius 1 is 1.23 bits per heavy atom. The molecule has 0 fully saturated rings.